The summed E-state index contributed by atoms with van der Waals surface area (Å²) in [6.45, 7) is 1.15. The molecule has 0 aromatic heterocycles. The van der Waals surface area contributed by atoms with Gasteiger partial charge in [-0.1, -0.05) is 30.7 Å². The van der Waals surface area contributed by atoms with Crippen LogP contribution in [0.3, 0.4) is 0 Å². The number of amides is 2. The minimum absolute atomic E-state index is 0.0766. The highest BCUT2D eigenvalue weighted by molar-refractivity contribution is 7.89. The molecule has 1 saturated heterocycles. The van der Waals surface area contributed by atoms with Gasteiger partial charge in [-0.3, -0.25) is 9.59 Å². The number of hydrogen-bond donors (Lipinski definition) is 1. The van der Waals surface area contributed by atoms with Crippen LogP contribution in [0.2, 0.25) is 0 Å². The van der Waals surface area contributed by atoms with E-state index < -0.39 is 10.0 Å². The van der Waals surface area contributed by atoms with Crippen molar-refractivity contribution < 1.29 is 18.0 Å². The lowest BCUT2D eigenvalue weighted by Gasteiger charge is -2.34. The molecule has 2 aromatic carbocycles. The molecule has 1 aliphatic carbocycles. The van der Waals surface area contributed by atoms with Crippen LogP contribution in [0.15, 0.2) is 59.5 Å². The Balaban J connectivity index is 1.38. The van der Waals surface area contributed by atoms with Crippen LogP contribution < -0.4 is 5.32 Å². The van der Waals surface area contributed by atoms with Crippen LogP contribution in [0.25, 0.3) is 0 Å². The van der Waals surface area contributed by atoms with Gasteiger partial charge in [-0.25, -0.2) is 8.42 Å². The van der Waals surface area contributed by atoms with Crippen molar-refractivity contribution in [1.82, 2.24) is 9.21 Å². The van der Waals surface area contributed by atoms with Gasteiger partial charge in [-0.05, 0) is 49.1 Å². The van der Waals surface area contributed by atoms with Gasteiger partial charge in [0.1, 0.15) is 0 Å². The highest BCUT2D eigenvalue weighted by Gasteiger charge is 2.30. The Morgan fingerprint density at radius 3 is 2.29 bits per heavy atom. The third kappa shape index (κ3) is 4.97. The predicted molar refractivity (Wildman–Crippen MR) is 118 cm³/mol. The average molecular weight is 442 g/mol. The van der Waals surface area contributed by atoms with Gasteiger partial charge < -0.3 is 10.2 Å². The second kappa shape index (κ2) is 9.20. The molecule has 0 atom stereocenters. The molecule has 2 amide bonds. The van der Waals surface area contributed by atoms with Gasteiger partial charge in [0.15, 0.2) is 0 Å². The fourth-order valence-corrected chi connectivity index (χ4v) is 5.42. The molecule has 0 unspecified atom stereocenters. The zero-order valence-corrected chi connectivity index (χ0v) is 18.2. The van der Waals surface area contributed by atoms with E-state index in [9.17, 15) is 18.0 Å². The first-order valence-corrected chi connectivity index (χ1v) is 12.1. The minimum atomic E-state index is -3.71. The van der Waals surface area contributed by atoms with Crippen LogP contribution in [-0.2, 0) is 14.8 Å². The molecule has 2 aliphatic rings. The van der Waals surface area contributed by atoms with Crippen molar-refractivity contribution in [2.75, 3.05) is 31.5 Å². The molecule has 1 heterocycles. The normalized spacial score (nSPS) is 17.7. The molecular weight excluding hydrogens is 414 g/mol. The van der Waals surface area contributed by atoms with E-state index >= 15 is 0 Å². The monoisotopic (exact) mass is 441 g/mol. The molecule has 1 N–H and O–H groups in total. The highest BCUT2D eigenvalue weighted by atomic mass is 32.2. The Kier molecular flexibility index (Phi) is 6.38. The molecule has 7 nitrogen and oxygen atoms in total. The molecule has 31 heavy (non-hydrogen) atoms. The molecular formula is C23H27N3O4S. The Bertz CT molecular complexity index is 1040. The summed E-state index contributed by atoms with van der Waals surface area (Å²) in [4.78, 5) is 26.6. The summed E-state index contributed by atoms with van der Waals surface area (Å²) >= 11 is 0. The SMILES string of the molecule is O=C(CC1CCC1)Nc1cccc(S(=O)(=O)N2CCN(C(=O)c3ccccc3)CC2)c1. The smallest absolute Gasteiger partial charge is 0.253 e. The van der Waals surface area contributed by atoms with E-state index in [-0.39, 0.29) is 29.8 Å². The van der Waals surface area contributed by atoms with Crippen LogP contribution in [0.1, 0.15) is 36.0 Å². The predicted octanol–water partition coefficient (Wildman–Crippen LogP) is 2.96. The van der Waals surface area contributed by atoms with E-state index in [0.717, 1.165) is 12.8 Å². The van der Waals surface area contributed by atoms with Gasteiger partial charge in [-0.2, -0.15) is 4.31 Å². The summed E-state index contributed by atoms with van der Waals surface area (Å²) < 4.78 is 27.6. The molecule has 2 aromatic rings. The zero-order valence-electron chi connectivity index (χ0n) is 17.4. The molecule has 0 bridgehead atoms. The van der Waals surface area contributed by atoms with Crippen molar-refractivity contribution in [1.29, 1.82) is 0 Å². The number of carbonyl (C=O) groups excluding carboxylic acids is 2. The Hall–Kier alpha value is -2.71. The molecule has 164 valence electrons. The first-order chi connectivity index (χ1) is 14.9. The standard InChI is InChI=1S/C23H27N3O4S/c27-22(16-18-6-4-7-18)24-20-10-5-11-21(17-20)31(29,30)26-14-12-25(13-15-26)23(28)19-8-2-1-3-9-19/h1-3,5,8-11,17-18H,4,6-7,12-16H2,(H,24,27). The first kappa shape index (κ1) is 21.5. The largest absolute Gasteiger partial charge is 0.336 e. The maximum absolute atomic E-state index is 13.1. The number of hydrogen-bond acceptors (Lipinski definition) is 4. The van der Waals surface area contributed by atoms with Crippen molar-refractivity contribution in [3.8, 4) is 0 Å². The number of sulfonamides is 1. The molecule has 2 fully saturated rings. The summed E-state index contributed by atoms with van der Waals surface area (Å²) in [7, 11) is -3.71. The zero-order chi connectivity index (χ0) is 21.8. The molecule has 0 radical (unpaired) electrons. The fourth-order valence-electron chi connectivity index (χ4n) is 3.95. The van der Waals surface area contributed by atoms with Crippen molar-refractivity contribution in [3.05, 3.63) is 60.2 Å². The molecule has 1 saturated carbocycles. The lowest BCUT2D eigenvalue weighted by atomic mass is 9.83. The fraction of sp³-hybridized carbons (Fsp3) is 0.391. The van der Waals surface area contributed by atoms with Crippen LogP contribution in [-0.4, -0.2) is 55.6 Å². The number of benzene rings is 2. The molecule has 1 aliphatic heterocycles. The van der Waals surface area contributed by atoms with E-state index in [1.54, 1.807) is 35.2 Å². The van der Waals surface area contributed by atoms with Crippen molar-refractivity contribution in [2.45, 2.75) is 30.6 Å². The third-order valence-electron chi connectivity index (χ3n) is 6.00. The summed E-state index contributed by atoms with van der Waals surface area (Å²) in [5.74, 6) is 0.280. The molecule has 4 rings (SSSR count). The number of piperazine rings is 1. The Labute approximate surface area is 183 Å². The van der Waals surface area contributed by atoms with E-state index in [1.165, 1.54) is 16.8 Å². The summed E-state index contributed by atoms with van der Waals surface area (Å²) in [5, 5.41) is 2.82. The number of carbonyl (C=O) groups is 2. The van der Waals surface area contributed by atoms with Gasteiger partial charge in [0.2, 0.25) is 15.9 Å². The topological polar surface area (TPSA) is 86.8 Å². The molecule has 8 heteroatoms. The van der Waals surface area contributed by atoms with E-state index in [4.69, 9.17) is 0 Å². The first-order valence-electron chi connectivity index (χ1n) is 10.7. The lowest BCUT2D eigenvalue weighted by molar-refractivity contribution is -0.117. The van der Waals surface area contributed by atoms with Gasteiger partial charge in [0, 0.05) is 43.9 Å². The number of nitrogens with zero attached hydrogens (tertiary/aromatic N) is 2. The van der Waals surface area contributed by atoms with Crippen LogP contribution in [0, 0.1) is 5.92 Å². The van der Waals surface area contributed by atoms with Crippen molar-refractivity contribution in [2.24, 2.45) is 5.92 Å². The quantitative estimate of drug-likeness (QED) is 0.747. The molecule has 0 spiro atoms. The van der Waals surface area contributed by atoms with Crippen LogP contribution in [0.5, 0.6) is 0 Å². The highest BCUT2D eigenvalue weighted by Crippen LogP contribution is 2.30. The maximum atomic E-state index is 13.1. The van der Waals surface area contributed by atoms with E-state index in [1.807, 2.05) is 18.2 Å². The minimum Gasteiger partial charge on any atom is -0.336 e. The maximum Gasteiger partial charge on any atom is 0.253 e. The third-order valence-corrected chi connectivity index (χ3v) is 7.90. The van der Waals surface area contributed by atoms with Gasteiger partial charge in [-0.15, -0.1) is 0 Å². The van der Waals surface area contributed by atoms with Gasteiger partial charge >= 0.3 is 0 Å². The summed E-state index contributed by atoms with van der Waals surface area (Å²) in [5.41, 5.74) is 1.09. The lowest BCUT2D eigenvalue weighted by Crippen LogP contribution is -2.50. The second-order valence-corrected chi connectivity index (χ2v) is 10.1. The van der Waals surface area contributed by atoms with Gasteiger partial charge in [0.25, 0.3) is 5.91 Å². The number of nitrogens with one attached hydrogen (secondary N) is 1. The van der Waals surface area contributed by atoms with E-state index in [2.05, 4.69) is 5.32 Å². The van der Waals surface area contributed by atoms with Crippen molar-refractivity contribution >= 4 is 27.5 Å². The number of rotatable bonds is 6. The van der Waals surface area contributed by atoms with Crippen LogP contribution >= 0.6 is 0 Å². The second-order valence-electron chi connectivity index (χ2n) is 8.14. The van der Waals surface area contributed by atoms with Crippen molar-refractivity contribution in [3.63, 3.8) is 0 Å². The van der Waals surface area contributed by atoms with Gasteiger partial charge in [0.05, 0.1) is 4.90 Å². The average Bonchev–Trinajstić information content (AvgIpc) is 2.77. The van der Waals surface area contributed by atoms with Crippen LogP contribution in [0.4, 0.5) is 5.69 Å². The summed E-state index contributed by atoms with van der Waals surface area (Å²) in [6, 6.07) is 15.4. The Morgan fingerprint density at radius 2 is 1.65 bits per heavy atom. The number of anilines is 1. The summed E-state index contributed by atoms with van der Waals surface area (Å²) in [6.07, 6.45) is 3.82. The Morgan fingerprint density at radius 1 is 0.935 bits per heavy atom. The van der Waals surface area contributed by atoms with E-state index in [0.29, 0.717) is 36.7 Å².